The molecule has 6 rings (SSSR count). The van der Waals surface area contributed by atoms with Crippen molar-refractivity contribution in [3.8, 4) is 0 Å². The molecule has 1 saturated heterocycles. The Morgan fingerprint density at radius 1 is 1.03 bits per heavy atom. The van der Waals surface area contributed by atoms with Crippen LogP contribution in [-0.2, 0) is 28.0 Å². The summed E-state index contributed by atoms with van der Waals surface area (Å²) >= 11 is 12.4. The van der Waals surface area contributed by atoms with Crippen LogP contribution in [0.1, 0.15) is 47.7 Å². The molecule has 1 fully saturated rings. The fraction of sp³-hybridized carbons (Fsp3) is 0.290. The average molecular weight is 546 g/mol. The van der Waals surface area contributed by atoms with Crippen LogP contribution >= 0.6 is 23.2 Å². The molecule has 194 valence electrons. The number of benzene rings is 3. The van der Waals surface area contributed by atoms with Gasteiger partial charge in [-0.2, -0.15) is 0 Å². The van der Waals surface area contributed by atoms with E-state index >= 15 is 0 Å². The Hall–Kier alpha value is -3.28. The molecule has 2 aliphatic rings. The summed E-state index contributed by atoms with van der Waals surface area (Å²) < 4.78 is 0. The molecule has 5 nitrogen and oxygen atoms in total. The second-order valence-electron chi connectivity index (χ2n) is 10.4. The summed E-state index contributed by atoms with van der Waals surface area (Å²) in [6.45, 7) is 4.94. The molecule has 3 heterocycles. The molecule has 4 aromatic rings. The van der Waals surface area contributed by atoms with E-state index < -0.39 is 5.54 Å². The molecule has 2 atom stereocenters. The standard InChI is InChI=1S/C31H29Cl2N3O2/c1-3-19-8-10-20(11-9-19)24-17-36-27(37)18-35(15-14-21-12-13-22(32)16-25(21)33)30(38)31(36,2)29-28(24)23-6-4-5-7-26(23)34-29/h4-13,16,24,34H,3,14-15,17-18H2,1-2H3/t24?,31-/m0/s1. The largest absolute Gasteiger partial charge is 0.356 e. The Morgan fingerprint density at radius 3 is 2.53 bits per heavy atom. The van der Waals surface area contributed by atoms with E-state index in [0.717, 1.165) is 39.7 Å². The van der Waals surface area contributed by atoms with E-state index in [2.05, 4.69) is 42.2 Å². The number of fused-ring (bicyclic) bond motifs is 5. The smallest absolute Gasteiger partial charge is 0.254 e. The lowest BCUT2D eigenvalue weighted by molar-refractivity contribution is -0.166. The number of nitrogens with one attached hydrogen (secondary N) is 1. The number of aryl methyl sites for hydroxylation is 1. The molecular weight excluding hydrogens is 517 g/mol. The number of carbonyl (C=O) groups excluding carboxylic acids is 2. The van der Waals surface area contributed by atoms with Crippen LogP contribution in [-0.4, -0.2) is 46.2 Å². The van der Waals surface area contributed by atoms with Gasteiger partial charge in [0.1, 0.15) is 0 Å². The second-order valence-corrected chi connectivity index (χ2v) is 11.2. The molecule has 1 N–H and O–H groups in total. The average Bonchev–Trinajstić information content (AvgIpc) is 3.32. The lowest BCUT2D eigenvalue weighted by Gasteiger charge is -2.51. The molecule has 2 aliphatic heterocycles. The van der Waals surface area contributed by atoms with Crippen molar-refractivity contribution in [3.63, 3.8) is 0 Å². The molecule has 0 radical (unpaired) electrons. The van der Waals surface area contributed by atoms with Crippen LogP contribution < -0.4 is 0 Å². The molecule has 0 bridgehead atoms. The first-order valence-electron chi connectivity index (χ1n) is 13.0. The number of piperazine rings is 1. The van der Waals surface area contributed by atoms with Crippen molar-refractivity contribution >= 4 is 45.9 Å². The number of H-pyrrole nitrogens is 1. The van der Waals surface area contributed by atoms with Gasteiger partial charge in [-0.25, -0.2) is 0 Å². The van der Waals surface area contributed by atoms with Gasteiger partial charge in [-0.15, -0.1) is 0 Å². The van der Waals surface area contributed by atoms with Crippen LogP contribution in [0.4, 0.5) is 0 Å². The maximum absolute atomic E-state index is 14.2. The van der Waals surface area contributed by atoms with Gasteiger partial charge in [-0.1, -0.05) is 78.7 Å². The molecule has 1 aromatic heterocycles. The molecule has 0 saturated carbocycles. The summed E-state index contributed by atoms with van der Waals surface area (Å²) in [5.41, 5.74) is 5.09. The minimum absolute atomic E-state index is 0.0312. The van der Waals surface area contributed by atoms with E-state index in [-0.39, 0.29) is 24.3 Å². The lowest BCUT2D eigenvalue weighted by atomic mass is 9.76. The van der Waals surface area contributed by atoms with Crippen molar-refractivity contribution in [1.82, 2.24) is 14.8 Å². The van der Waals surface area contributed by atoms with E-state index in [4.69, 9.17) is 23.2 Å². The number of aromatic nitrogens is 1. The predicted octanol–water partition coefficient (Wildman–Crippen LogP) is 6.31. The highest BCUT2D eigenvalue weighted by Crippen LogP contribution is 2.48. The zero-order chi connectivity index (χ0) is 26.6. The van der Waals surface area contributed by atoms with E-state index in [0.29, 0.717) is 29.6 Å². The first kappa shape index (κ1) is 25.0. The number of carbonyl (C=O) groups is 2. The Balaban J connectivity index is 1.42. The fourth-order valence-electron chi connectivity index (χ4n) is 6.12. The molecule has 2 amide bonds. The number of hydrogen-bond acceptors (Lipinski definition) is 2. The SMILES string of the molecule is CCc1ccc(C2CN3C(=O)CN(CCc4ccc(Cl)cc4Cl)C(=O)[C@]3(C)c3[nH]c4ccccc4c32)cc1. The van der Waals surface area contributed by atoms with Crippen molar-refractivity contribution in [2.45, 2.75) is 38.1 Å². The van der Waals surface area contributed by atoms with Gasteiger partial charge in [-0.05, 0) is 60.2 Å². The van der Waals surface area contributed by atoms with Crippen LogP contribution in [0.5, 0.6) is 0 Å². The number of aromatic amines is 1. The maximum atomic E-state index is 14.2. The van der Waals surface area contributed by atoms with Gasteiger partial charge in [0.15, 0.2) is 5.54 Å². The second kappa shape index (κ2) is 9.48. The third-order valence-corrected chi connectivity index (χ3v) is 8.86. The Labute approximate surface area is 232 Å². The van der Waals surface area contributed by atoms with E-state index in [1.807, 2.05) is 31.2 Å². The zero-order valence-electron chi connectivity index (χ0n) is 21.4. The van der Waals surface area contributed by atoms with Crippen molar-refractivity contribution in [1.29, 1.82) is 0 Å². The van der Waals surface area contributed by atoms with E-state index in [1.165, 1.54) is 5.56 Å². The van der Waals surface area contributed by atoms with Crippen molar-refractivity contribution in [2.75, 3.05) is 19.6 Å². The molecule has 7 heteroatoms. The number of amides is 2. The molecule has 38 heavy (non-hydrogen) atoms. The predicted molar refractivity (Wildman–Crippen MR) is 152 cm³/mol. The van der Waals surface area contributed by atoms with Crippen LogP contribution in [0.2, 0.25) is 10.0 Å². The molecule has 0 spiro atoms. The Morgan fingerprint density at radius 2 is 1.79 bits per heavy atom. The Kier molecular flexibility index (Phi) is 6.24. The molecular formula is C31H29Cl2N3O2. The van der Waals surface area contributed by atoms with E-state index in [9.17, 15) is 9.59 Å². The van der Waals surface area contributed by atoms with Gasteiger partial charge in [0, 0.05) is 40.0 Å². The summed E-state index contributed by atoms with van der Waals surface area (Å²) in [6, 6.07) is 22.2. The number of nitrogens with zero attached hydrogens (tertiary/aromatic N) is 2. The van der Waals surface area contributed by atoms with Crippen molar-refractivity contribution in [3.05, 3.63) is 105 Å². The summed E-state index contributed by atoms with van der Waals surface area (Å²) in [4.78, 5) is 34.9. The van der Waals surface area contributed by atoms with Gasteiger partial charge in [0.2, 0.25) is 5.91 Å². The van der Waals surface area contributed by atoms with Gasteiger partial charge >= 0.3 is 0 Å². The summed E-state index contributed by atoms with van der Waals surface area (Å²) in [5.74, 6) is -0.153. The molecule has 3 aromatic carbocycles. The highest BCUT2D eigenvalue weighted by molar-refractivity contribution is 6.35. The van der Waals surface area contributed by atoms with Crippen LogP contribution in [0.3, 0.4) is 0 Å². The normalized spacial score (nSPS) is 21.1. The van der Waals surface area contributed by atoms with Gasteiger partial charge in [0.25, 0.3) is 5.91 Å². The number of halogens is 2. The van der Waals surface area contributed by atoms with Crippen LogP contribution in [0.15, 0.2) is 66.7 Å². The summed E-state index contributed by atoms with van der Waals surface area (Å²) in [7, 11) is 0. The van der Waals surface area contributed by atoms with Crippen LogP contribution in [0, 0.1) is 0 Å². The third-order valence-electron chi connectivity index (χ3n) is 8.27. The Bertz CT molecular complexity index is 1560. The van der Waals surface area contributed by atoms with E-state index in [1.54, 1.807) is 21.9 Å². The van der Waals surface area contributed by atoms with Crippen molar-refractivity contribution < 1.29 is 9.59 Å². The fourth-order valence-corrected chi connectivity index (χ4v) is 6.62. The quantitative estimate of drug-likeness (QED) is 0.319. The van der Waals surface area contributed by atoms with Crippen molar-refractivity contribution in [2.24, 2.45) is 0 Å². The zero-order valence-corrected chi connectivity index (χ0v) is 22.9. The first-order valence-corrected chi connectivity index (χ1v) is 13.8. The topological polar surface area (TPSA) is 56.4 Å². The number of rotatable bonds is 5. The van der Waals surface area contributed by atoms with Gasteiger partial charge in [0.05, 0.1) is 12.2 Å². The monoisotopic (exact) mass is 545 g/mol. The first-order chi connectivity index (χ1) is 18.3. The van der Waals surface area contributed by atoms with Crippen LogP contribution in [0.25, 0.3) is 10.9 Å². The van der Waals surface area contributed by atoms with Gasteiger partial charge < -0.3 is 14.8 Å². The molecule has 0 aliphatic carbocycles. The lowest BCUT2D eigenvalue weighted by Crippen LogP contribution is -2.67. The minimum Gasteiger partial charge on any atom is -0.356 e. The minimum atomic E-state index is -1.12. The summed E-state index contributed by atoms with van der Waals surface area (Å²) in [6.07, 6.45) is 1.51. The highest BCUT2D eigenvalue weighted by atomic mass is 35.5. The number of hydrogen-bond donors (Lipinski definition) is 1. The highest BCUT2D eigenvalue weighted by Gasteiger charge is 2.56. The molecule has 1 unspecified atom stereocenters. The maximum Gasteiger partial charge on any atom is 0.254 e. The number of para-hydroxylation sites is 1. The third kappa shape index (κ3) is 3.91. The summed E-state index contributed by atoms with van der Waals surface area (Å²) in [5, 5.41) is 2.23. The van der Waals surface area contributed by atoms with Gasteiger partial charge in [-0.3, -0.25) is 9.59 Å².